The Bertz CT molecular complexity index is 687. The Morgan fingerprint density at radius 2 is 2.00 bits per heavy atom. The lowest BCUT2D eigenvalue weighted by Crippen LogP contribution is -2.50. The van der Waals surface area contributed by atoms with Gasteiger partial charge in [0.15, 0.2) is 5.44 Å². The number of aliphatic hydroxyl groups is 3. The van der Waals surface area contributed by atoms with E-state index >= 15 is 0 Å². The number of rotatable bonds is 3. The standard InChI is InChI=1S/C16H16ClNO4S/c17-12-7-18-5-4-11(12)9-2-1-3-10(6-9)22-16-15(21)14(20)13(19)8-23-16/h1-7,13-16,19-21H,8H2/t13-,14+,15-,16+/m1/s1. The largest absolute Gasteiger partial charge is 0.477 e. The van der Waals surface area contributed by atoms with Gasteiger partial charge in [-0.25, -0.2) is 0 Å². The van der Waals surface area contributed by atoms with Crippen molar-refractivity contribution in [2.24, 2.45) is 0 Å². The van der Waals surface area contributed by atoms with Crippen LogP contribution in [0.25, 0.3) is 11.1 Å². The number of nitrogens with zero attached hydrogens (tertiary/aromatic N) is 1. The van der Waals surface area contributed by atoms with E-state index in [4.69, 9.17) is 16.3 Å². The molecule has 122 valence electrons. The predicted octanol–water partition coefficient (Wildman–Crippen LogP) is 1.94. The van der Waals surface area contributed by atoms with E-state index < -0.39 is 23.7 Å². The summed E-state index contributed by atoms with van der Waals surface area (Å²) in [5.41, 5.74) is 1.06. The molecule has 23 heavy (non-hydrogen) atoms. The Kier molecular flexibility index (Phi) is 5.08. The van der Waals surface area contributed by atoms with Crippen LogP contribution in [0.4, 0.5) is 0 Å². The maximum Gasteiger partial charge on any atom is 0.173 e. The predicted molar refractivity (Wildman–Crippen MR) is 89.6 cm³/mol. The second-order valence-corrected chi connectivity index (χ2v) is 6.79. The minimum atomic E-state index is -1.21. The highest BCUT2D eigenvalue weighted by Crippen LogP contribution is 2.32. The number of halogens is 1. The first kappa shape index (κ1) is 16.5. The fraction of sp³-hybridized carbons (Fsp3) is 0.312. The molecule has 5 nitrogen and oxygen atoms in total. The van der Waals surface area contributed by atoms with Crippen LogP contribution in [0.1, 0.15) is 0 Å². The van der Waals surface area contributed by atoms with Crippen molar-refractivity contribution >= 4 is 23.4 Å². The van der Waals surface area contributed by atoms with Crippen molar-refractivity contribution < 1.29 is 20.1 Å². The monoisotopic (exact) mass is 353 g/mol. The first-order chi connectivity index (χ1) is 11.1. The molecule has 0 amide bonds. The number of aliphatic hydroxyl groups excluding tert-OH is 3. The molecule has 1 fully saturated rings. The summed E-state index contributed by atoms with van der Waals surface area (Å²) < 4.78 is 5.77. The van der Waals surface area contributed by atoms with Gasteiger partial charge in [-0.15, -0.1) is 11.8 Å². The van der Waals surface area contributed by atoms with Gasteiger partial charge < -0.3 is 20.1 Å². The summed E-state index contributed by atoms with van der Waals surface area (Å²) in [6.07, 6.45) is -0.0799. The van der Waals surface area contributed by atoms with Crippen LogP contribution in [-0.4, -0.2) is 49.8 Å². The maximum atomic E-state index is 10.0. The molecule has 2 aromatic rings. The number of aromatic nitrogens is 1. The van der Waals surface area contributed by atoms with Crippen molar-refractivity contribution in [1.82, 2.24) is 4.98 Å². The average Bonchev–Trinajstić information content (AvgIpc) is 2.56. The summed E-state index contributed by atoms with van der Waals surface area (Å²) in [4.78, 5) is 3.96. The third kappa shape index (κ3) is 3.62. The van der Waals surface area contributed by atoms with E-state index in [1.165, 1.54) is 11.8 Å². The van der Waals surface area contributed by atoms with Crippen LogP contribution in [0.3, 0.4) is 0 Å². The van der Waals surface area contributed by atoms with Gasteiger partial charge in [0.05, 0.1) is 11.1 Å². The third-order valence-electron chi connectivity index (χ3n) is 3.62. The van der Waals surface area contributed by atoms with Crippen molar-refractivity contribution in [3.63, 3.8) is 0 Å². The third-order valence-corrected chi connectivity index (χ3v) is 5.16. The Morgan fingerprint density at radius 3 is 2.78 bits per heavy atom. The molecule has 0 spiro atoms. The number of benzene rings is 1. The molecule has 1 aromatic heterocycles. The lowest BCUT2D eigenvalue weighted by Gasteiger charge is -2.34. The molecule has 2 heterocycles. The van der Waals surface area contributed by atoms with Gasteiger partial charge >= 0.3 is 0 Å². The quantitative estimate of drug-likeness (QED) is 0.782. The van der Waals surface area contributed by atoms with Crippen LogP contribution in [0.2, 0.25) is 5.02 Å². The summed E-state index contributed by atoms with van der Waals surface area (Å²) in [7, 11) is 0. The van der Waals surface area contributed by atoms with Gasteiger partial charge in [0, 0.05) is 23.7 Å². The van der Waals surface area contributed by atoms with Crippen LogP contribution >= 0.6 is 23.4 Å². The molecule has 1 saturated heterocycles. The van der Waals surface area contributed by atoms with E-state index in [0.717, 1.165) is 11.1 Å². The molecule has 1 aliphatic rings. The van der Waals surface area contributed by atoms with E-state index in [-0.39, 0.29) is 0 Å². The lowest BCUT2D eigenvalue weighted by atomic mass is 10.1. The van der Waals surface area contributed by atoms with Crippen molar-refractivity contribution in [2.75, 3.05) is 5.75 Å². The fourth-order valence-electron chi connectivity index (χ4n) is 2.36. The normalized spacial score (nSPS) is 27.7. The highest BCUT2D eigenvalue weighted by molar-refractivity contribution is 7.99. The van der Waals surface area contributed by atoms with Crippen LogP contribution in [0.5, 0.6) is 5.75 Å². The van der Waals surface area contributed by atoms with Gasteiger partial charge in [-0.3, -0.25) is 4.98 Å². The van der Waals surface area contributed by atoms with Crippen molar-refractivity contribution in [3.8, 4) is 16.9 Å². The van der Waals surface area contributed by atoms with Crippen molar-refractivity contribution in [3.05, 3.63) is 47.7 Å². The number of thioether (sulfide) groups is 1. The summed E-state index contributed by atoms with van der Waals surface area (Å²) in [5.74, 6) is 0.856. The summed E-state index contributed by atoms with van der Waals surface area (Å²) in [6.45, 7) is 0. The van der Waals surface area contributed by atoms with E-state index in [2.05, 4.69) is 4.98 Å². The SMILES string of the molecule is O[C@@H]1[C@@H](O)[C@@H](Oc2cccc(-c3ccncc3Cl)c2)SC[C@H]1O. The number of ether oxygens (including phenoxy) is 1. The Balaban J connectivity index is 1.80. The molecule has 0 aliphatic carbocycles. The summed E-state index contributed by atoms with van der Waals surface area (Å²) in [5, 5.41) is 29.8. The molecular formula is C16H16ClNO4S. The molecule has 3 N–H and O–H groups in total. The van der Waals surface area contributed by atoms with Crippen LogP contribution < -0.4 is 4.74 Å². The zero-order valence-corrected chi connectivity index (χ0v) is 13.6. The average molecular weight is 354 g/mol. The zero-order chi connectivity index (χ0) is 16.4. The number of hydrogen-bond donors (Lipinski definition) is 3. The zero-order valence-electron chi connectivity index (χ0n) is 12.0. The topological polar surface area (TPSA) is 82.8 Å². The minimum Gasteiger partial charge on any atom is -0.477 e. The fourth-order valence-corrected chi connectivity index (χ4v) is 3.71. The van der Waals surface area contributed by atoms with Crippen LogP contribution in [0.15, 0.2) is 42.7 Å². The van der Waals surface area contributed by atoms with Gasteiger partial charge in [-0.05, 0) is 23.8 Å². The molecule has 7 heteroatoms. The molecule has 0 bridgehead atoms. The number of pyridine rings is 1. The lowest BCUT2D eigenvalue weighted by molar-refractivity contribution is -0.0786. The highest BCUT2D eigenvalue weighted by Gasteiger charge is 2.38. The second-order valence-electron chi connectivity index (χ2n) is 5.25. The molecule has 0 unspecified atom stereocenters. The van der Waals surface area contributed by atoms with E-state index in [0.29, 0.717) is 16.5 Å². The second kappa shape index (κ2) is 7.07. The highest BCUT2D eigenvalue weighted by atomic mass is 35.5. The summed E-state index contributed by atoms with van der Waals surface area (Å²) >= 11 is 7.42. The molecule has 1 aliphatic heterocycles. The van der Waals surface area contributed by atoms with Gasteiger partial charge in [-0.1, -0.05) is 23.7 Å². The van der Waals surface area contributed by atoms with Crippen molar-refractivity contribution in [2.45, 2.75) is 23.7 Å². The van der Waals surface area contributed by atoms with Gasteiger partial charge in [0.1, 0.15) is 18.0 Å². The maximum absolute atomic E-state index is 10.0. The number of hydrogen-bond acceptors (Lipinski definition) is 6. The van der Waals surface area contributed by atoms with Crippen LogP contribution in [0, 0.1) is 0 Å². The first-order valence-electron chi connectivity index (χ1n) is 7.08. The Labute approximate surface area is 142 Å². The molecular weight excluding hydrogens is 338 g/mol. The van der Waals surface area contributed by atoms with Crippen molar-refractivity contribution in [1.29, 1.82) is 0 Å². The molecule has 0 radical (unpaired) electrons. The first-order valence-corrected chi connectivity index (χ1v) is 8.51. The van der Waals surface area contributed by atoms with Gasteiger partial charge in [0.25, 0.3) is 0 Å². The molecule has 3 rings (SSSR count). The molecule has 0 saturated carbocycles. The van der Waals surface area contributed by atoms with Gasteiger partial charge in [-0.2, -0.15) is 0 Å². The van der Waals surface area contributed by atoms with E-state index in [9.17, 15) is 15.3 Å². The van der Waals surface area contributed by atoms with Gasteiger partial charge in [0.2, 0.25) is 0 Å². The molecule has 4 atom stereocenters. The van der Waals surface area contributed by atoms with E-state index in [1.807, 2.05) is 24.3 Å². The van der Waals surface area contributed by atoms with Crippen LogP contribution in [-0.2, 0) is 0 Å². The smallest absolute Gasteiger partial charge is 0.173 e. The minimum absolute atomic E-state index is 0.304. The Morgan fingerprint density at radius 1 is 1.17 bits per heavy atom. The molecule has 1 aromatic carbocycles. The Hall–Kier alpha value is -1.31. The van der Waals surface area contributed by atoms with E-state index in [1.54, 1.807) is 18.5 Å². The summed E-state index contributed by atoms with van der Waals surface area (Å²) in [6, 6.07) is 9.12.